The zero-order valence-corrected chi connectivity index (χ0v) is 13.6. The Balaban J connectivity index is 3.16. The summed E-state index contributed by atoms with van der Waals surface area (Å²) in [6.07, 6.45) is 0.781. The molecule has 0 radical (unpaired) electrons. The van der Waals surface area contributed by atoms with Crippen LogP contribution in [-0.4, -0.2) is 32.8 Å². The fourth-order valence-corrected chi connectivity index (χ4v) is 2.51. The fraction of sp³-hybridized carbons (Fsp3) is 0.462. The molecule has 0 atom stereocenters. The Morgan fingerprint density at radius 2 is 2.00 bits per heavy atom. The smallest absolute Gasteiger partial charge is 0.255 e. The third kappa shape index (κ3) is 4.66. The van der Waals surface area contributed by atoms with Crippen molar-refractivity contribution >= 4 is 27.5 Å². The minimum atomic E-state index is -4.26. The van der Waals surface area contributed by atoms with Gasteiger partial charge in [0, 0.05) is 13.6 Å². The van der Waals surface area contributed by atoms with Crippen molar-refractivity contribution in [2.75, 3.05) is 13.6 Å². The summed E-state index contributed by atoms with van der Waals surface area (Å²) in [5.41, 5.74) is -0.0895. The molecule has 0 aromatic heterocycles. The van der Waals surface area contributed by atoms with Gasteiger partial charge in [-0.15, -0.1) is 0 Å². The molecule has 0 saturated heterocycles. The molecule has 0 saturated carbocycles. The van der Waals surface area contributed by atoms with Gasteiger partial charge in [-0.25, -0.2) is 17.9 Å². The number of carbonyl (C=O) groups is 1. The number of sulfonamides is 1. The largest absolute Gasteiger partial charge is 0.342 e. The first-order valence-electron chi connectivity index (χ1n) is 6.31. The number of hydrogen-bond donors (Lipinski definition) is 1. The van der Waals surface area contributed by atoms with E-state index in [1.165, 1.54) is 4.90 Å². The Hall–Kier alpha value is -1.18. The van der Waals surface area contributed by atoms with Gasteiger partial charge >= 0.3 is 0 Å². The summed E-state index contributed by atoms with van der Waals surface area (Å²) in [6.45, 7) is 4.51. The van der Waals surface area contributed by atoms with Crippen molar-refractivity contribution in [2.24, 2.45) is 11.1 Å². The summed E-state index contributed by atoms with van der Waals surface area (Å²) in [7, 11) is -2.69. The van der Waals surface area contributed by atoms with Gasteiger partial charge in [0.1, 0.15) is 10.7 Å². The third-order valence-electron chi connectivity index (χ3n) is 2.95. The van der Waals surface area contributed by atoms with Crippen molar-refractivity contribution in [1.82, 2.24) is 4.90 Å². The van der Waals surface area contributed by atoms with Gasteiger partial charge in [0.2, 0.25) is 10.0 Å². The van der Waals surface area contributed by atoms with E-state index >= 15 is 0 Å². The summed E-state index contributed by atoms with van der Waals surface area (Å²) in [5.74, 6) is -1.15. The molecule has 5 nitrogen and oxygen atoms in total. The number of halogens is 2. The Labute approximate surface area is 128 Å². The Morgan fingerprint density at radius 3 is 2.48 bits per heavy atom. The summed E-state index contributed by atoms with van der Waals surface area (Å²) in [6, 6.07) is 1.66. The van der Waals surface area contributed by atoms with Crippen LogP contribution >= 0.6 is 11.6 Å². The van der Waals surface area contributed by atoms with E-state index < -0.39 is 26.6 Å². The van der Waals surface area contributed by atoms with Crippen molar-refractivity contribution in [3.8, 4) is 0 Å². The highest BCUT2D eigenvalue weighted by molar-refractivity contribution is 7.89. The van der Waals surface area contributed by atoms with Gasteiger partial charge in [0.15, 0.2) is 0 Å². The summed E-state index contributed by atoms with van der Waals surface area (Å²) in [4.78, 5) is 12.9. The highest BCUT2D eigenvalue weighted by atomic mass is 35.5. The molecule has 0 spiro atoms. The van der Waals surface area contributed by atoms with Crippen molar-refractivity contribution < 1.29 is 17.6 Å². The molecular weight excluding hydrogens is 319 g/mol. The predicted molar refractivity (Wildman–Crippen MR) is 79.2 cm³/mol. The number of nitrogens with zero attached hydrogens (tertiary/aromatic N) is 1. The molecule has 1 aromatic rings. The van der Waals surface area contributed by atoms with Crippen molar-refractivity contribution in [1.29, 1.82) is 0 Å². The van der Waals surface area contributed by atoms with Gasteiger partial charge in [-0.3, -0.25) is 4.79 Å². The van der Waals surface area contributed by atoms with Crippen LogP contribution < -0.4 is 5.14 Å². The number of primary sulfonamides is 1. The topological polar surface area (TPSA) is 80.5 Å². The first-order chi connectivity index (χ1) is 9.54. The Bertz CT molecular complexity index is 647. The molecule has 1 aromatic carbocycles. The molecule has 1 amide bonds. The molecule has 0 aliphatic carbocycles. The predicted octanol–water partition coefficient (Wildman–Crippen LogP) is 2.24. The van der Waals surface area contributed by atoms with Crippen LogP contribution in [0.1, 0.15) is 30.6 Å². The lowest BCUT2D eigenvalue weighted by Crippen LogP contribution is -2.29. The number of benzene rings is 1. The number of carbonyl (C=O) groups excluding carboxylic acids is 1. The van der Waals surface area contributed by atoms with E-state index in [0.29, 0.717) is 12.5 Å². The maximum Gasteiger partial charge on any atom is 0.255 e. The summed E-state index contributed by atoms with van der Waals surface area (Å²) < 4.78 is 36.2. The highest BCUT2D eigenvalue weighted by Crippen LogP contribution is 2.24. The van der Waals surface area contributed by atoms with Crippen LogP contribution in [0, 0.1) is 11.7 Å². The average molecular weight is 337 g/mol. The molecule has 0 fully saturated rings. The summed E-state index contributed by atoms with van der Waals surface area (Å²) in [5, 5.41) is 4.76. The normalized spacial score (nSPS) is 11.8. The molecule has 0 aliphatic rings. The molecule has 0 unspecified atom stereocenters. The van der Waals surface area contributed by atoms with E-state index in [2.05, 4.69) is 0 Å². The Morgan fingerprint density at radius 1 is 1.43 bits per heavy atom. The highest BCUT2D eigenvalue weighted by Gasteiger charge is 2.22. The molecule has 21 heavy (non-hydrogen) atoms. The SMILES string of the molecule is CC(C)CCN(C)C(=O)c1cc(S(N)(=O)=O)c(F)cc1Cl. The molecule has 0 bridgehead atoms. The lowest BCUT2D eigenvalue weighted by molar-refractivity contribution is 0.0789. The standard InChI is InChI=1S/C13H18ClFN2O3S/c1-8(2)4-5-17(3)13(18)9-6-12(21(16,19)20)11(15)7-10(9)14/h6-8H,4-5H2,1-3H3,(H2,16,19,20). The summed E-state index contributed by atoms with van der Waals surface area (Å²) >= 11 is 5.83. The average Bonchev–Trinajstić information content (AvgIpc) is 2.33. The number of rotatable bonds is 5. The molecule has 0 heterocycles. The van der Waals surface area contributed by atoms with Crippen molar-refractivity contribution in [3.63, 3.8) is 0 Å². The molecule has 118 valence electrons. The minimum Gasteiger partial charge on any atom is -0.342 e. The van der Waals surface area contributed by atoms with E-state index in [4.69, 9.17) is 16.7 Å². The first-order valence-corrected chi connectivity index (χ1v) is 8.23. The van der Waals surface area contributed by atoms with E-state index in [1.54, 1.807) is 7.05 Å². The van der Waals surface area contributed by atoms with Crippen LogP contribution in [0.15, 0.2) is 17.0 Å². The van der Waals surface area contributed by atoms with Gasteiger partial charge in [-0.05, 0) is 24.5 Å². The van der Waals surface area contributed by atoms with Gasteiger partial charge in [-0.1, -0.05) is 25.4 Å². The second kappa shape index (κ2) is 6.72. The van der Waals surface area contributed by atoms with Crippen LogP contribution in [0.25, 0.3) is 0 Å². The van der Waals surface area contributed by atoms with Gasteiger partial charge in [0.05, 0.1) is 10.6 Å². The minimum absolute atomic E-state index is 0.0895. The van der Waals surface area contributed by atoms with E-state index in [-0.39, 0.29) is 10.6 Å². The molecular formula is C13H18ClFN2O3S. The monoisotopic (exact) mass is 336 g/mol. The second-order valence-corrected chi connectivity index (χ2v) is 7.15. The zero-order valence-electron chi connectivity index (χ0n) is 12.1. The number of hydrogen-bond acceptors (Lipinski definition) is 3. The van der Waals surface area contributed by atoms with Gasteiger partial charge in [0.25, 0.3) is 5.91 Å². The maximum atomic E-state index is 13.6. The van der Waals surface area contributed by atoms with E-state index in [1.807, 2.05) is 13.8 Å². The van der Waals surface area contributed by atoms with E-state index in [0.717, 1.165) is 18.6 Å². The lowest BCUT2D eigenvalue weighted by Gasteiger charge is -2.19. The van der Waals surface area contributed by atoms with Crippen LogP contribution in [0.3, 0.4) is 0 Å². The fourth-order valence-electron chi connectivity index (χ4n) is 1.67. The Kier molecular flexibility index (Phi) is 5.72. The molecule has 2 N–H and O–H groups in total. The zero-order chi connectivity index (χ0) is 16.4. The van der Waals surface area contributed by atoms with E-state index in [9.17, 15) is 17.6 Å². The first kappa shape index (κ1) is 17.9. The van der Waals surface area contributed by atoms with Crippen LogP contribution in [0.2, 0.25) is 5.02 Å². The molecule has 1 rings (SSSR count). The molecule has 0 aliphatic heterocycles. The van der Waals surface area contributed by atoms with Gasteiger partial charge < -0.3 is 4.90 Å². The third-order valence-corrected chi connectivity index (χ3v) is 4.19. The lowest BCUT2D eigenvalue weighted by atomic mass is 10.1. The number of amides is 1. The number of nitrogens with two attached hydrogens (primary N) is 1. The van der Waals surface area contributed by atoms with Crippen molar-refractivity contribution in [3.05, 3.63) is 28.5 Å². The van der Waals surface area contributed by atoms with Crippen molar-refractivity contribution in [2.45, 2.75) is 25.2 Å². The second-order valence-electron chi connectivity index (χ2n) is 5.22. The van der Waals surface area contributed by atoms with Crippen LogP contribution in [0.4, 0.5) is 4.39 Å². The van der Waals surface area contributed by atoms with Crippen LogP contribution in [-0.2, 0) is 10.0 Å². The quantitative estimate of drug-likeness (QED) is 0.895. The van der Waals surface area contributed by atoms with Crippen LogP contribution in [0.5, 0.6) is 0 Å². The maximum absolute atomic E-state index is 13.6. The molecule has 8 heteroatoms. The van der Waals surface area contributed by atoms with Gasteiger partial charge in [-0.2, -0.15) is 0 Å².